The van der Waals surface area contributed by atoms with Crippen LogP contribution >= 0.6 is 46.4 Å². The number of aliphatic carboxylic acids is 1. The molecule has 8 rings (SSSR count). The molecule has 5 N–H and O–H groups in total. The molecule has 310 valence electrons. The van der Waals surface area contributed by atoms with Gasteiger partial charge in [-0.25, -0.2) is 9.78 Å². The number of β-lactam (4-membered cyclic amide) rings is 1. The lowest BCUT2D eigenvalue weighted by Gasteiger charge is -2.49. The summed E-state index contributed by atoms with van der Waals surface area (Å²) in [4.78, 5) is 68.1. The number of benzene rings is 3. The first-order chi connectivity index (χ1) is 29.5. The Morgan fingerprint density at radius 1 is 1.02 bits per heavy atom. The van der Waals surface area contributed by atoms with E-state index >= 15 is 0 Å². The molecule has 3 aromatic carbocycles. The number of hydrogen-bond acceptors (Lipinski definition) is 17. The van der Waals surface area contributed by atoms with Gasteiger partial charge in [-0.05, 0) is 40.7 Å². The lowest BCUT2D eigenvalue weighted by Crippen LogP contribution is -2.71. The minimum atomic E-state index is -2.06. The first-order valence-electron chi connectivity index (χ1n) is 18.5. The van der Waals surface area contributed by atoms with Gasteiger partial charge in [-0.2, -0.15) is 0 Å². The molecular weight excluding hydrogens is 861 g/mol. The van der Waals surface area contributed by atoms with Gasteiger partial charge in [0, 0.05) is 28.7 Å². The van der Waals surface area contributed by atoms with Gasteiger partial charge >= 0.3 is 5.97 Å². The van der Waals surface area contributed by atoms with Gasteiger partial charge in [-0.3, -0.25) is 24.3 Å². The minimum Gasteiger partial charge on any atom is -0.477 e. The Morgan fingerprint density at radius 2 is 1.66 bits per heavy atom. The van der Waals surface area contributed by atoms with Crippen LogP contribution in [0.1, 0.15) is 29.3 Å². The third-order valence-electron chi connectivity index (χ3n) is 9.85. The molecule has 0 radical (unpaired) electrons. The summed E-state index contributed by atoms with van der Waals surface area (Å²) < 4.78 is 4.62. The summed E-state index contributed by atoms with van der Waals surface area (Å²) in [6.45, 7) is 1.50. The van der Waals surface area contributed by atoms with Gasteiger partial charge in [0.1, 0.15) is 38.3 Å². The number of ketones is 1. The second kappa shape index (κ2) is 17.9. The van der Waals surface area contributed by atoms with Gasteiger partial charge in [0.05, 0.1) is 6.20 Å². The molecule has 4 atom stereocenters. The van der Waals surface area contributed by atoms with E-state index in [0.717, 1.165) is 43.2 Å². The number of hydrogen-bond donors (Lipinski definition) is 5. The number of carbonyl (C=O) groups excluding carboxylic acids is 3. The number of thiazole rings is 1. The Bertz CT molecular complexity index is 2490. The highest BCUT2D eigenvalue weighted by Gasteiger charge is 2.54. The van der Waals surface area contributed by atoms with Crippen molar-refractivity contribution in [3.63, 3.8) is 0 Å². The number of carboxylic acid groups (broad SMARTS) is 1. The molecule has 5 heterocycles. The quantitative estimate of drug-likeness (QED) is 0.0247. The second-order valence-corrected chi connectivity index (χ2v) is 17.7. The van der Waals surface area contributed by atoms with Crippen molar-refractivity contribution in [2.75, 3.05) is 16.8 Å². The molecule has 0 bridgehead atoms. The van der Waals surface area contributed by atoms with Crippen LogP contribution in [-0.4, -0.2) is 105 Å². The number of oxime groups is 1. The predicted molar refractivity (Wildman–Crippen MR) is 231 cm³/mol. The van der Waals surface area contributed by atoms with Crippen LogP contribution in [-0.2, 0) is 29.6 Å². The van der Waals surface area contributed by atoms with E-state index in [1.165, 1.54) is 42.0 Å². The molecule has 61 heavy (non-hydrogen) atoms. The van der Waals surface area contributed by atoms with Crippen LogP contribution in [0.4, 0.5) is 5.13 Å². The Labute approximate surface area is 364 Å². The molecule has 5 aromatic rings. The second-order valence-electron chi connectivity index (χ2n) is 13.7. The van der Waals surface area contributed by atoms with Crippen molar-refractivity contribution in [2.45, 2.75) is 40.5 Å². The predicted octanol–water partition coefficient (Wildman–Crippen LogP) is 4.26. The maximum Gasteiger partial charge on any atom is 0.352 e. The molecule has 0 aliphatic carbocycles. The van der Waals surface area contributed by atoms with Crippen molar-refractivity contribution < 1.29 is 39.3 Å². The third-order valence-corrected chi connectivity index (χ3v) is 13.9. The Hall–Kier alpha value is -6.03. The van der Waals surface area contributed by atoms with Gasteiger partial charge < -0.3 is 30.8 Å². The number of nitrogens with one attached hydrogen (secondary N) is 2. The summed E-state index contributed by atoms with van der Waals surface area (Å²) in [5.41, 5.74) is 1.37. The van der Waals surface area contributed by atoms with Crippen LogP contribution in [0.2, 0.25) is 0 Å². The summed E-state index contributed by atoms with van der Waals surface area (Å²) in [6.07, 6.45) is -1.18. The smallest absolute Gasteiger partial charge is 0.352 e. The Kier molecular flexibility index (Phi) is 12.2. The molecule has 1 saturated heterocycles. The van der Waals surface area contributed by atoms with Crippen LogP contribution in [0, 0.1) is 0 Å². The number of allylic oxidation sites excluding steroid dienone is 1. The van der Waals surface area contributed by atoms with Crippen LogP contribution in [0.25, 0.3) is 0 Å². The number of aliphatic hydroxyl groups excluding tert-OH is 2. The molecule has 0 saturated carbocycles. The van der Waals surface area contributed by atoms with E-state index in [4.69, 9.17) is 9.82 Å². The fourth-order valence-electron chi connectivity index (χ4n) is 7.04. The van der Waals surface area contributed by atoms with Crippen molar-refractivity contribution in [1.82, 2.24) is 24.8 Å². The number of amides is 2. The average Bonchev–Trinajstić information content (AvgIpc) is 3.98. The molecule has 2 aromatic heterocycles. The van der Waals surface area contributed by atoms with E-state index in [0.29, 0.717) is 16.5 Å². The van der Waals surface area contributed by atoms with Gasteiger partial charge in [0.2, 0.25) is 0 Å². The van der Waals surface area contributed by atoms with Gasteiger partial charge in [-0.15, -0.1) is 40.0 Å². The molecule has 1 fully saturated rings. The minimum absolute atomic E-state index is 0.0125. The number of anilines is 1. The molecular formula is C41H34N8O8S4. The van der Waals surface area contributed by atoms with Gasteiger partial charge in [0.15, 0.2) is 22.7 Å². The number of aromatic nitrogens is 3. The summed E-state index contributed by atoms with van der Waals surface area (Å²) >= 11 is 4.99. The number of carbonyl (C=O) groups is 4. The summed E-state index contributed by atoms with van der Waals surface area (Å²) in [5, 5.41) is 46.8. The van der Waals surface area contributed by atoms with Crippen LogP contribution < -0.4 is 10.6 Å². The number of aliphatic hydroxyl groups is 2. The summed E-state index contributed by atoms with van der Waals surface area (Å²) in [5.74, 6) is -3.00. The fraction of sp³-hybridized carbons (Fsp3) is 0.195. The van der Waals surface area contributed by atoms with Crippen LogP contribution in [0.3, 0.4) is 0 Å². The SMILES string of the molecule is CC1=CC(=O)C(O)C(C(O)O/N=C(\C(=O)NC2C(=O)N3C(C(=O)O)=C(CSc4cnns4)CS[C@@H]23)c2csc(NC(c3ccccc3)(c3ccccc3)c3ccccc3)n2)=N1. The van der Waals surface area contributed by atoms with Crippen molar-refractivity contribution in [1.29, 1.82) is 0 Å². The molecule has 2 amide bonds. The Balaban J connectivity index is 1.12. The first kappa shape index (κ1) is 41.7. The van der Waals surface area contributed by atoms with E-state index in [-0.39, 0.29) is 22.8 Å². The van der Waals surface area contributed by atoms with E-state index in [9.17, 15) is 34.5 Å². The van der Waals surface area contributed by atoms with E-state index in [1.54, 1.807) is 11.6 Å². The van der Waals surface area contributed by atoms with E-state index in [2.05, 4.69) is 30.4 Å². The fourth-order valence-corrected chi connectivity index (χ4v) is 10.7. The third kappa shape index (κ3) is 8.37. The number of nitrogens with zero attached hydrogens (tertiary/aromatic N) is 6. The maximum absolute atomic E-state index is 14.3. The monoisotopic (exact) mass is 894 g/mol. The molecule has 20 heteroatoms. The molecule has 3 aliphatic rings. The van der Waals surface area contributed by atoms with E-state index in [1.807, 2.05) is 91.0 Å². The number of rotatable bonds is 15. The summed E-state index contributed by atoms with van der Waals surface area (Å²) in [7, 11) is 0. The highest BCUT2D eigenvalue weighted by Crippen LogP contribution is 2.43. The van der Waals surface area contributed by atoms with Crippen LogP contribution in [0.15, 0.2) is 140 Å². The Morgan fingerprint density at radius 3 is 2.25 bits per heavy atom. The number of fused-ring (bicyclic) bond motifs is 1. The van der Waals surface area contributed by atoms with Crippen molar-refractivity contribution in [3.05, 3.63) is 148 Å². The van der Waals surface area contributed by atoms with E-state index < -0.39 is 64.3 Å². The molecule has 16 nitrogen and oxygen atoms in total. The number of carboxylic acids is 1. The first-order valence-corrected chi connectivity index (χ1v) is 22.2. The standard InChI is InChI=1S/C41H34N8O8S4/c1-22-17-28(50)34(51)31(43-22)39(56)57-47-30(35(52)45-32-36(53)49-33(38(54)55)23(20-59-37(32)49)19-58-29-18-42-48-61-29)27-21-60-40(44-27)46-41(24-11-5-2-6-12-24,25-13-7-3-8-14-25)26-15-9-4-10-16-26/h2-18,21,32,34,37,39,51,56H,19-20H2,1H3,(H,44,46)(H,45,52)(H,54,55)/b47-30-/t32?,34?,37-,39?/m0/s1. The number of thioether (sulfide) groups is 2. The highest BCUT2D eigenvalue weighted by molar-refractivity contribution is 8.01. The van der Waals surface area contributed by atoms with Gasteiger partial charge in [0.25, 0.3) is 18.1 Å². The lowest BCUT2D eigenvalue weighted by molar-refractivity contribution is -0.150. The van der Waals surface area contributed by atoms with Gasteiger partial charge in [-0.1, -0.05) is 101 Å². The maximum atomic E-state index is 14.3. The zero-order valence-electron chi connectivity index (χ0n) is 31.8. The number of aliphatic imine (C=N–C) groups is 1. The molecule has 0 spiro atoms. The van der Waals surface area contributed by atoms with Crippen LogP contribution in [0.5, 0.6) is 0 Å². The zero-order valence-corrected chi connectivity index (χ0v) is 35.1. The normalized spacial score (nSPS) is 19.6. The topological polar surface area (TPSA) is 229 Å². The zero-order chi connectivity index (χ0) is 42.7. The van der Waals surface area contributed by atoms with Crippen molar-refractivity contribution >= 4 is 86.5 Å². The summed E-state index contributed by atoms with van der Waals surface area (Å²) in [6, 6.07) is 28.2. The largest absolute Gasteiger partial charge is 0.477 e. The highest BCUT2D eigenvalue weighted by atomic mass is 32.2. The average molecular weight is 895 g/mol. The van der Waals surface area contributed by atoms with Crippen molar-refractivity contribution in [3.8, 4) is 0 Å². The molecule has 3 aliphatic heterocycles. The molecule has 3 unspecified atom stereocenters. The van der Waals surface area contributed by atoms with Crippen molar-refractivity contribution in [2.24, 2.45) is 10.1 Å². The lowest BCUT2D eigenvalue weighted by atomic mass is 9.77.